The standard InChI is InChI=1S/C13H14F2O3S/c14-9-3-8(4-10(15)5-9)13(16)6-11-1-2-12(7-13)19(11,17)18/h3-5,11-12,16H,1-2,6-7H2. The second kappa shape index (κ2) is 3.99. The first-order valence-electron chi connectivity index (χ1n) is 6.23. The molecule has 0 saturated carbocycles. The molecule has 19 heavy (non-hydrogen) atoms. The summed E-state index contributed by atoms with van der Waals surface area (Å²) in [4.78, 5) is 0. The van der Waals surface area contributed by atoms with Crippen molar-refractivity contribution in [3.05, 3.63) is 35.4 Å². The van der Waals surface area contributed by atoms with Crippen LogP contribution in [0, 0.1) is 11.6 Å². The van der Waals surface area contributed by atoms with Gasteiger partial charge in [-0.2, -0.15) is 0 Å². The summed E-state index contributed by atoms with van der Waals surface area (Å²) in [6, 6.07) is 2.90. The van der Waals surface area contributed by atoms with Crippen molar-refractivity contribution in [1.82, 2.24) is 0 Å². The fraction of sp³-hybridized carbons (Fsp3) is 0.538. The monoisotopic (exact) mass is 288 g/mol. The van der Waals surface area contributed by atoms with Crippen LogP contribution >= 0.6 is 0 Å². The summed E-state index contributed by atoms with van der Waals surface area (Å²) in [5, 5.41) is 9.42. The molecule has 0 spiro atoms. The lowest BCUT2D eigenvalue weighted by molar-refractivity contribution is 0.0167. The summed E-state index contributed by atoms with van der Waals surface area (Å²) in [5.41, 5.74) is -1.31. The van der Waals surface area contributed by atoms with Gasteiger partial charge in [-0.15, -0.1) is 0 Å². The van der Waals surface area contributed by atoms with Gasteiger partial charge in [-0.1, -0.05) is 0 Å². The quantitative estimate of drug-likeness (QED) is 0.858. The molecule has 2 aliphatic heterocycles. The number of aliphatic hydroxyl groups is 1. The van der Waals surface area contributed by atoms with E-state index in [0.717, 1.165) is 18.2 Å². The highest BCUT2D eigenvalue weighted by molar-refractivity contribution is 7.93. The maximum atomic E-state index is 13.2. The van der Waals surface area contributed by atoms with Gasteiger partial charge in [0.25, 0.3) is 0 Å². The van der Waals surface area contributed by atoms with Crippen molar-refractivity contribution < 1.29 is 22.3 Å². The fourth-order valence-corrected chi connectivity index (χ4v) is 5.79. The van der Waals surface area contributed by atoms with Crippen molar-refractivity contribution in [1.29, 1.82) is 0 Å². The van der Waals surface area contributed by atoms with Crippen molar-refractivity contribution in [2.24, 2.45) is 0 Å². The Balaban J connectivity index is 2.02. The number of benzene rings is 1. The summed E-state index contributed by atoms with van der Waals surface area (Å²) >= 11 is 0. The maximum Gasteiger partial charge on any atom is 0.156 e. The molecule has 0 aromatic heterocycles. The van der Waals surface area contributed by atoms with E-state index in [2.05, 4.69) is 0 Å². The molecule has 2 unspecified atom stereocenters. The molecule has 0 radical (unpaired) electrons. The van der Waals surface area contributed by atoms with Gasteiger partial charge in [-0.3, -0.25) is 0 Å². The third kappa shape index (κ3) is 1.97. The Morgan fingerprint density at radius 2 is 1.53 bits per heavy atom. The third-order valence-corrected chi connectivity index (χ3v) is 6.93. The molecular formula is C13H14F2O3S. The molecule has 2 aliphatic rings. The third-order valence-electron chi connectivity index (χ3n) is 4.27. The van der Waals surface area contributed by atoms with E-state index in [0.29, 0.717) is 12.8 Å². The highest BCUT2D eigenvalue weighted by atomic mass is 32.2. The zero-order valence-corrected chi connectivity index (χ0v) is 11.0. The molecule has 0 amide bonds. The van der Waals surface area contributed by atoms with Gasteiger partial charge in [0.05, 0.1) is 16.1 Å². The highest BCUT2D eigenvalue weighted by Crippen LogP contribution is 2.47. The summed E-state index contributed by atoms with van der Waals surface area (Å²) < 4.78 is 50.4. The van der Waals surface area contributed by atoms with Crippen LogP contribution in [-0.2, 0) is 15.4 Å². The number of hydrogen-bond acceptors (Lipinski definition) is 3. The molecule has 1 N–H and O–H groups in total. The number of hydrogen-bond donors (Lipinski definition) is 1. The van der Waals surface area contributed by atoms with Crippen molar-refractivity contribution in [2.45, 2.75) is 41.8 Å². The zero-order chi connectivity index (χ0) is 13.8. The van der Waals surface area contributed by atoms with Gasteiger partial charge in [0, 0.05) is 6.07 Å². The molecule has 0 aliphatic carbocycles. The minimum absolute atomic E-state index is 0.0225. The van der Waals surface area contributed by atoms with Gasteiger partial charge < -0.3 is 5.11 Å². The molecule has 2 heterocycles. The maximum absolute atomic E-state index is 13.2. The Morgan fingerprint density at radius 3 is 2.00 bits per heavy atom. The van der Waals surface area contributed by atoms with Gasteiger partial charge in [0.15, 0.2) is 9.84 Å². The molecule has 1 aromatic rings. The number of rotatable bonds is 1. The van der Waals surface area contributed by atoms with Crippen LogP contribution in [0.5, 0.6) is 0 Å². The van der Waals surface area contributed by atoms with Crippen LogP contribution in [0.2, 0.25) is 0 Å². The summed E-state index contributed by atoms with van der Waals surface area (Å²) in [7, 11) is -3.18. The predicted octanol–water partition coefficient (Wildman–Crippen LogP) is 1.89. The van der Waals surface area contributed by atoms with Crippen LogP contribution in [0.1, 0.15) is 31.2 Å². The Labute approximate surface area is 110 Å². The van der Waals surface area contributed by atoms with E-state index in [9.17, 15) is 22.3 Å². The van der Waals surface area contributed by atoms with Gasteiger partial charge in [0.1, 0.15) is 11.6 Å². The molecule has 2 bridgehead atoms. The van der Waals surface area contributed by atoms with E-state index in [1.807, 2.05) is 0 Å². The van der Waals surface area contributed by atoms with Crippen LogP contribution in [0.25, 0.3) is 0 Å². The lowest BCUT2D eigenvalue weighted by atomic mass is 9.86. The van der Waals surface area contributed by atoms with Crippen molar-refractivity contribution in [3.8, 4) is 0 Å². The van der Waals surface area contributed by atoms with Gasteiger partial charge in [-0.25, -0.2) is 17.2 Å². The van der Waals surface area contributed by atoms with Crippen LogP contribution in [-0.4, -0.2) is 24.0 Å². The topological polar surface area (TPSA) is 54.4 Å². The van der Waals surface area contributed by atoms with Gasteiger partial charge in [0.2, 0.25) is 0 Å². The Kier molecular flexibility index (Phi) is 2.73. The average Bonchev–Trinajstić information content (AvgIpc) is 2.49. The zero-order valence-electron chi connectivity index (χ0n) is 10.1. The molecule has 2 atom stereocenters. The first-order chi connectivity index (χ1) is 8.81. The minimum atomic E-state index is -3.18. The molecule has 104 valence electrons. The lowest BCUT2D eigenvalue weighted by Crippen LogP contribution is -2.43. The van der Waals surface area contributed by atoms with Gasteiger partial charge >= 0.3 is 0 Å². The minimum Gasteiger partial charge on any atom is -0.385 e. The van der Waals surface area contributed by atoms with Crippen molar-refractivity contribution in [3.63, 3.8) is 0 Å². The van der Waals surface area contributed by atoms with Crippen LogP contribution in [0.4, 0.5) is 8.78 Å². The van der Waals surface area contributed by atoms with Crippen LogP contribution < -0.4 is 0 Å². The number of fused-ring (bicyclic) bond motifs is 2. The van der Waals surface area contributed by atoms with E-state index < -0.39 is 37.6 Å². The predicted molar refractivity (Wildman–Crippen MR) is 65.2 cm³/mol. The van der Waals surface area contributed by atoms with E-state index in [4.69, 9.17) is 0 Å². The average molecular weight is 288 g/mol. The highest BCUT2D eigenvalue weighted by Gasteiger charge is 2.53. The van der Waals surface area contributed by atoms with E-state index in [-0.39, 0.29) is 18.4 Å². The fourth-order valence-electron chi connectivity index (χ4n) is 3.30. The molecule has 2 fully saturated rings. The molecule has 6 heteroatoms. The second-order valence-electron chi connectivity index (χ2n) is 5.51. The number of halogens is 2. The summed E-state index contributed by atoms with van der Waals surface area (Å²) in [6.45, 7) is 0. The second-order valence-corrected chi connectivity index (χ2v) is 8.02. The van der Waals surface area contributed by atoms with E-state index in [1.54, 1.807) is 0 Å². The van der Waals surface area contributed by atoms with E-state index >= 15 is 0 Å². The molecule has 3 rings (SSSR count). The first-order valence-corrected chi connectivity index (χ1v) is 7.84. The van der Waals surface area contributed by atoms with Crippen LogP contribution in [0.3, 0.4) is 0 Å². The summed E-state index contributed by atoms with van der Waals surface area (Å²) in [5.74, 6) is -1.52. The Morgan fingerprint density at radius 1 is 1.05 bits per heavy atom. The van der Waals surface area contributed by atoms with Crippen molar-refractivity contribution in [2.75, 3.05) is 0 Å². The van der Waals surface area contributed by atoms with E-state index in [1.165, 1.54) is 0 Å². The van der Waals surface area contributed by atoms with Gasteiger partial charge in [-0.05, 0) is 43.4 Å². The van der Waals surface area contributed by atoms with Crippen molar-refractivity contribution >= 4 is 9.84 Å². The number of sulfone groups is 1. The summed E-state index contributed by atoms with van der Waals surface area (Å²) in [6.07, 6.45) is 1.09. The normalized spacial score (nSPS) is 36.4. The SMILES string of the molecule is O=S1(=O)C2CCC1CC(O)(c1cc(F)cc(F)c1)C2. The molecule has 3 nitrogen and oxygen atoms in total. The molecule has 2 saturated heterocycles. The Bertz CT molecular complexity index is 587. The smallest absolute Gasteiger partial charge is 0.156 e. The Hall–Kier alpha value is -1.01. The largest absolute Gasteiger partial charge is 0.385 e. The van der Waals surface area contributed by atoms with Crippen LogP contribution in [0.15, 0.2) is 18.2 Å². The lowest BCUT2D eigenvalue weighted by Gasteiger charge is -2.36. The molecule has 1 aromatic carbocycles. The first kappa shape index (κ1) is 13.0. The molecular weight excluding hydrogens is 274 g/mol.